The lowest BCUT2D eigenvalue weighted by Gasteiger charge is -2.09. The molecule has 9 heteroatoms. The molecule has 9 nitrogen and oxygen atoms in total. The van der Waals surface area contributed by atoms with Crippen LogP contribution in [0.3, 0.4) is 0 Å². The predicted molar refractivity (Wildman–Crippen MR) is 98.2 cm³/mol. The molecule has 0 spiro atoms. The van der Waals surface area contributed by atoms with Crippen molar-refractivity contribution in [3.63, 3.8) is 0 Å². The average molecular weight is 369 g/mol. The van der Waals surface area contributed by atoms with Gasteiger partial charge in [0.1, 0.15) is 41.7 Å². The number of nitrogens with one attached hydrogen (secondary N) is 2. The lowest BCUT2D eigenvalue weighted by atomic mass is 10.3. The maximum absolute atomic E-state index is 12.2. The third kappa shape index (κ3) is 5.18. The molecule has 0 unspecified atom stereocenters. The Morgan fingerprint density at radius 3 is 2.59 bits per heavy atom. The number of hydrogen-bond donors (Lipinski definition) is 2. The molecule has 3 rings (SSSR count). The van der Waals surface area contributed by atoms with Crippen molar-refractivity contribution in [1.29, 1.82) is 0 Å². The second-order valence-electron chi connectivity index (χ2n) is 5.52. The minimum atomic E-state index is -0.400. The summed E-state index contributed by atoms with van der Waals surface area (Å²) in [5.41, 5.74) is 0.212. The van der Waals surface area contributed by atoms with Crippen LogP contribution in [0.1, 0.15) is 16.2 Å². The Morgan fingerprint density at radius 1 is 1.11 bits per heavy atom. The molecule has 0 aliphatic heterocycles. The van der Waals surface area contributed by atoms with E-state index in [0.29, 0.717) is 30.5 Å². The van der Waals surface area contributed by atoms with Gasteiger partial charge in [-0.15, -0.1) is 0 Å². The number of rotatable bonds is 8. The number of nitrogens with zero attached hydrogens (tertiary/aromatic N) is 3. The number of benzene rings is 1. The fraction of sp³-hybridized carbons (Fsp3) is 0.222. The van der Waals surface area contributed by atoms with Crippen LogP contribution in [0.5, 0.6) is 11.5 Å². The van der Waals surface area contributed by atoms with E-state index in [0.717, 1.165) is 11.5 Å². The van der Waals surface area contributed by atoms with Gasteiger partial charge in [0.05, 0.1) is 13.7 Å². The molecule has 0 atom stereocenters. The Balaban J connectivity index is 1.49. The maximum Gasteiger partial charge on any atom is 0.275 e. The highest BCUT2D eigenvalue weighted by Gasteiger charge is 2.11. The van der Waals surface area contributed by atoms with Crippen LogP contribution in [0.2, 0.25) is 0 Å². The molecule has 2 heterocycles. The van der Waals surface area contributed by atoms with Gasteiger partial charge in [0.15, 0.2) is 5.82 Å². The van der Waals surface area contributed by atoms with Crippen LogP contribution < -0.4 is 20.1 Å². The summed E-state index contributed by atoms with van der Waals surface area (Å²) >= 11 is 0. The van der Waals surface area contributed by atoms with Gasteiger partial charge in [0.25, 0.3) is 5.91 Å². The van der Waals surface area contributed by atoms with Crippen LogP contribution in [0, 0.1) is 6.92 Å². The highest BCUT2D eigenvalue weighted by atomic mass is 16.5. The number of ether oxygens (including phenoxy) is 2. The van der Waals surface area contributed by atoms with Gasteiger partial charge in [-0.3, -0.25) is 4.79 Å². The van der Waals surface area contributed by atoms with Crippen molar-refractivity contribution in [2.24, 2.45) is 0 Å². The lowest BCUT2D eigenvalue weighted by Crippen LogP contribution is -2.16. The van der Waals surface area contributed by atoms with Gasteiger partial charge < -0.3 is 24.6 Å². The van der Waals surface area contributed by atoms with Gasteiger partial charge in [-0.05, 0) is 31.2 Å². The number of carbonyl (C=O) groups is 1. The second-order valence-corrected chi connectivity index (χ2v) is 5.52. The summed E-state index contributed by atoms with van der Waals surface area (Å²) in [5.74, 6) is 2.56. The summed E-state index contributed by atoms with van der Waals surface area (Å²) in [4.78, 5) is 20.3. The lowest BCUT2D eigenvalue weighted by molar-refractivity contribution is 0.102. The molecule has 2 aromatic heterocycles. The normalized spacial score (nSPS) is 10.3. The SMILES string of the molecule is COc1ccc(OCCNc2cc(C(=O)Nc3cc(C)on3)ncn2)cc1. The molecular weight excluding hydrogens is 350 g/mol. The average Bonchev–Trinajstić information content (AvgIpc) is 3.10. The summed E-state index contributed by atoms with van der Waals surface area (Å²) in [5, 5.41) is 9.41. The Labute approximate surface area is 155 Å². The smallest absolute Gasteiger partial charge is 0.275 e. The molecule has 27 heavy (non-hydrogen) atoms. The van der Waals surface area contributed by atoms with Crippen molar-refractivity contribution >= 4 is 17.5 Å². The molecule has 3 aromatic rings. The van der Waals surface area contributed by atoms with Gasteiger partial charge in [-0.2, -0.15) is 0 Å². The van der Waals surface area contributed by atoms with Crippen molar-refractivity contribution in [3.8, 4) is 11.5 Å². The highest BCUT2D eigenvalue weighted by Crippen LogP contribution is 2.17. The molecule has 0 saturated carbocycles. The van der Waals surface area contributed by atoms with Crippen LogP contribution in [0.4, 0.5) is 11.6 Å². The van der Waals surface area contributed by atoms with Crippen LogP contribution in [0.15, 0.2) is 47.2 Å². The molecule has 0 aliphatic rings. The molecular formula is C18H19N5O4. The van der Waals surface area contributed by atoms with Gasteiger partial charge in [-0.1, -0.05) is 5.16 Å². The third-order valence-corrected chi connectivity index (χ3v) is 3.51. The predicted octanol–water partition coefficient (Wildman–Crippen LogP) is 2.52. The molecule has 0 saturated heterocycles. The number of amides is 1. The van der Waals surface area contributed by atoms with E-state index in [2.05, 4.69) is 25.8 Å². The monoisotopic (exact) mass is 369 g/mol. The third-order valence-electron chi connectivity index (χ3n) is 3.51. The first-order valence-electron chi connectivity index (χ1n) is 8.21. The number of hydrogen-bond acceptors (Lipinski definition) is 8. The summed E-state index contributed by atoms with van der Waals surface area (Å²) < 4.78 is 15.6. The quantitative estimate of drug-likeness (QED) is 0.583. The van der Waals surface area contributed by atoms with Crippen molar-refractivity contribution in [1.82, 2.24) is 15.1 Å². The summed E-state index contributed by atoms with van der Waals surface area (Å²) in [7, 11) is 1.61. The number of anilines is 2. The molecule has 1 amide bonds. The molecule has 2 N–H and O–H groups in total. The van der Waals surface area contributed by atoms with Gasteiger partial charge >= 0.3 is 0 Å². The first kappa shape index (κ1) is 18.2. The largest absolute Gasteiger partial charge is 0.497 e. The maximum atomic E-state index is 12.2. The van der Waals surface area contributed by atoms with Crippen molar-refractivity contribution in [2.45, 2.75) is 6.92 Å². The molecule has 0 fully saturated rings. The number of aromatic nitrogens is 3. The van der Waals surface area contributed by atoms with Gasteiger partial charge in [0, 0.05) is 12.1 Å². The van der Waals surface area contributed by atoms with E-state index < -0.39 is 5.91 Å². The van der Waals surface area contributed by atoms with Crippen molar-refractivity contribution in [3.05, 3.63) is 54.2 Å². The standard InChI is InChI=1S/C18H19N5O4/c1-12-9-17(23-27-12)22-18(24)15-10-16(21-11-20-15)19-7-8-26-14-5-3-13(25-2)4-6-14/h3-6,9-11H,7-8H2,1-2H3,(H,19,20,21)(H,22,23,24). The second kappa shape index (κ2) is 8.65. The van der Waals surface area contributed by atoms with E-state index in [1.807, 2.05) is 24.3 Å². The van der Waals surface area contributed by atoms with E-state index in [4.69, 9.17) is 14.0 Å². The minimum Gasteiger partial charge on any atom is -0.497 e. The zero-order chi connectivity index (χ0) is 19.1. The fourth-order valence-corrected chi connectivity index (χ4v) is 2.20. The Morgan fingerprint density at radius 2 is 1.89 bits per heavy atom. The Bertz CT molecular complexity index is 895. The number of aryl methyl sites for hydroxylation is 1. The number of methoxy groups -OCH3 is 1. The first-order chi connectivity index (χ1) is 13.1. The van der Waals surface area contributed by atoms with Crippen LogP contribution in [0.25, 0.3) is 0 Å². The number of carbonyl (C=O) groups excluding carboxylic acids is 1. The first-order valence-corrected chi connectivity index (χ1v) is 8.21. The van der Waals surface area contributed by atoms with Crippen LogP contribution >= 0.6 is 0 Å². The van der Waals surface area contributed by atoms with Crippen LogP contribution in [-0.4, -0.2) is 41.3 Å². The molecule has 1 aromatic carbocycles. The van der Waals surface area contributed by atoms with E-state index >= 15 is 0 Å². The van der Waals surface area contributed by atoms with Gasteiger partial charge in [-0.25, -0.2) is 9.97 Å². The zero-order valence-corrected chi connectivity index (χ0v) is 14.9. The van der Waals surface area contributed by atoms with E-state index in [9.17, 15) is 4.79 Å². The van der Waals surface area contributed by atoms with Crippen molar-refractivity contribution < 1.29 is 18.8 Å². The molecule has 140 valence electrons. The summed E-state index contributed by atoms with van der Waals surface area (Å²) in [6.45, 7) is 2.67. The minimum absolute atomic E-state index is 0.212. The van der Waals surface area contributed by atoms with E-state index in [1.54, 1.807) is 26.2 Å². The van der Waals surface area contributed by atoms with Crippen molar-refractivity contribution in [2.75, 3.05) is 30.9 Å². The zero-order valence-electron chi connectivity index (χ0n) is 14.9. The van der Waals surface area contributed by atoms with Crippen LogP contribution in [-0.2, 0) is 0 Å². The van der Waals surface area contributed by atoms with Gasteiger partial charge in [0.2, 0.25) is 0 Å². The Hall–Kier alpha value is -3.62. The topological polar surface area (TPSA) is 111 Å². The molecule has 0 aliphatic carbocycles. The summed E-state index contributed by atoms with van der Waals surface area (Å²) in [6, 6.07) is 10.5. The molecule has 0 bridgehead atoms. The fourth-order valence-electron chi connectivity index (χ4n) is 2.20. The highest BCUT2D eigenvalue weighted by molar-refractivity contribution is 6.02. The Kier molecular flexibility index (Phi) is 5.83. The van der Waals surface area contributed by atoms with E-state index in [-0.39, 0.29) is 5.69 Å². The summed E-state index contributed by atoms with van der Waals surface area (Å²) in [6.07, 6.45) is 1.32. The van der Waals surface area contributed by atoms with E-state index in [1.165, 1.54) is 6.33 Å². The molecule has 0 radical (unpaired) electrons.